The lowest BCUT2D eigenvalue weighted by Crippen LogP contribution is -2.35. The molecule has 0 spiro atoms. The minimum Gasteiger partial charge on any atom is -0.480 e. The SMILES string of the molecule is C=CCN(CC(=O)O)C(=O)CC1CC1. The van der Waals surface area contributed by atoms with E-state index in [0.29, 0.717) is 18.9 Å². The Balaban J connectivity index is 2.41. The molecule has 1 saturated carbocycles. The van der Waals surface area contributed by atoms with Gasteiger partial charge in [0.05, 0.1) is 0 Å². The summed E-state index contributed by atoms with van der Waals surface area (Å²) >= 11 is 0. The Morgan fingerprint density at radius 1 is 1.50 bits per heavy atom. The zero-order valence-electron chi connectivity index (χ0n) is 8.11. The summed E-state index contributed by atoms with van der Waals surface area (Å²) in [7, 11) is 0. The second-order valence-corrected chi connectivity index (χ2v) is 3.60. The molecule has 78 valence electrons. The quantitative estimate of drug-likeness (QED) is 0.643. The molecule has 0 aromatic carbocycles. The van der Waals surface area contributed by atoms with Crippen LogP contribution in [-0.2, 0) is 9.59 Å². The highest BCUT2D eigenvalue weighted by Gasteiger charge is 2.27. The van der Waals surface area contributed by atoms with Gasteiger partial charge in [-0.1, -0.05) is 6.08 Å². The first-order chi connectivity index (χ1) is 6.63. The Morgan fingerprint density at radius 2 is 2.14 bits per heavy atom. The van der Waals surface area contributed by atoms with Gasteiger partial charge in [0, 0.05) is 13.0 Å². The van der Waals surface area contributed by atoms with Gasteiger partial charge < -0.3 is 10.0 Å². The van der Waals surface area contributed by atoms with E-state index in [4.69, 9.17) is 5.11 Å². The van der Waals surface area contributed by atoms with E-state index in [2.05, 4.69) is 6.58 Å². The average molecular weight is 197 g/mol. The molecule has 4 heteroatoms. The van der Waals surface area contributed by atoms with Gasteiger partial charge in [0.1, 0.15) is 6.54 Å². The number of carbonyl (C=O) groups is 2. The normalized spacial score (nSPS) is 14.9. The van der Waals surface area contributed by atoms with E-state index in [1.165, 1.54) is 4.90 Å². The molecule has 1 fully saturated rings. The molecule has 0 unspecified atom stereocenters. The van der Waals surface area contributed by atoms with E-state index < -0.39 is 5.97 Å². The maximum atomic E-state index is 11.5. The Bertz CT molecular complexity index is 246. The number of carboxylic acids is 1. The lowest BCUT2D eigenvalue weighted by atomic mass is 10.2. The lowest BCUT2D eigenvalue weighted by Gasteiger charge is -2.18. The van der Waals surface area contributed by atoms with Gasteiger partial charge in [-0.15, -0.1) is 6.58 Å². The van der Waals surface area contributed by atoms with Crippen molar-refractivity contribution in [2.75, 3.05) is 13.1 Å². The molecule has 0 aromatic heterocycles. The molecule has 1 amide bonds. The third-order valence-corrected chi connectivity index (χ3v) is 2.19. The first-order valence-corrected chi connectivity index (χ1v) is 4.74. The van der Waals surface area contributed by atoms with Crippen molar-refractivity contribution in [1.29, 1.82) is 0 Å². The number of carbonyl (C=O) groups excluding carboxylic acids is 1. The second-order valence-electron chi connectivity index (χ2n) is 3.60. The molecule has 0 aliphatic heterocycles. The van der Waals surface area contributed by atoms with Crippen molar-refractivity contribution >= 4 is 11.9 Å². The zero-order chi connectivity index (χ0) is 10.6. The number of aliphatic carboxylic acids is 1. The molecular formula is C10H15NO3. The minimum atomic E-state index is -0.976. The highest BCUT2D eigenvalue weighted by atomic mass is 16.4. The number of carboxylic acid groups (broad SMARTS) is 1. The standard InChI is InChI=1S/C10H15NO3/c1-2-5-11(7-10(13)14)9(12)6-8-3-4-8/h2,8H,1,3-7H2,(H,13,14). The molecule has 0 bridgehead atoms. The molecule has 0 saturated heterocycles. The molecule has 0 heterocycles. The van der Waals surface area contributed by atoms with Crippen LogP contribution >= 0.6 is 0 Å². The monoisotopic (exact) mass is 197 g/mol. The van der Waals surface area contributed by atoms with Crippen molar-refractivity contribution < 1.29 is 14.7 Å². The summed E-state index contributed by atoms with van der Waals surface area (Å²) in [5.74, 6) is -0.561. The van der Waals surface area contributed by atoms with Crippen LogP contribution in [0.15, 0.2) is 12.7 Å². The van der Waals surface area contributed by atoms with Gasteiger partial charge in [0.15, 0.2) is 0 Å². The Hall–Kier alpha value is -1.32. The van der Waals surface area contributed by atoms with Crippen molar-refractivity contribution in [3.05, 3.63) is 12.7 Å². The summed E-state index contributed by atoms with van der Waals surface area (Å²) in [6, 6.07) is 0. The van der Waals surface area contributed by atoms with Gasteiger partial charge in [0.2, 0.25) is 5.91 Å². The molecule has 0 aromatic rings. The number of hydrogen-bond acceptors (Lipinski definition) is 2. The van der Waals surface area contributed by atoms with Crippen LogP contribution in [0.4, 0.5) is 0 Å². The van der Waals surface area contributed by atoms with Gasteiger partial charge in [-0.05, 0) is 18.8 Å². The third-order valence-electron chi connectivity index (χ3n) is 2.19. The molecule has 1 aliphatic carbocycles. The van der Waals surface area contributed by atoms with E-state index in [-0.39, 0.29) is 12.5 Å². The molecular weight excluding hydrogens is 182 g/mol. The van der Waals surface area contributed by atoms with Crippen LogP contribution in [-0.4, -0.2) is 35.0 Å². The summed E-state index contributed by atoms with van der Waals surface area (Å²) in [5.41, 5.74) is 0. The Morgan fingerprint density at radius 3 is 2.57 bits per heavy atom. The van der Waals surface area contributed by atoms with Crippen LogP contribution in [0.2, 0.25) is 0 Å². The van der Waals surface area contributed by atoms with E-state index in [0.717, 1.165) is 12.8 Å². The van der Waals surface area contributed by atoms with E-state index >= 15 is 0 Å². The smallest absolute Gasteiger partial charge is 0.323 e. The predicted molar refractivity (Wildman–Crippen MR) is 51.8 cm³/mol. The molecule has 4 nitrogen and oxygen atoms in total. The van der Waals surface area contributed by atoms with Gasteiger partial charge >= 0.3 is 5.97 Å². The third kappa shape index (κ3) is 3.60. The summed E-state index contributed by atoms with van der Waals surface area (Å²) in [5, 5.41) is 8.58. The number of hydrogen-bond donors (Lipinski definition) is 1. The van der Waals surface area contributed by atoms with E-state index in [1.807, 2.05) is 0 Å². The van der Waals surface area contributed by atoms with Gasteiger partial charge in [0.25, 0.3) is 0 Å². The maximum absolute atomic E-state index is 11.5. The second kappa shape index (κ2) is 4.79. The van der Waals surface area contributed by atoms with Crippen LogP contribution in [0.1, 0.15) is 19.3 Å². The number of rotatable bonds is 6. The first-order valence-electron chi connectivity index (χ1n) is 4.74. The summed E-state index contributed by atoms with van der Waals surface area (Å²) < 4.78 is 0. The summed E-state index contributed by atoms with van der Waals surface area (Å²) in [6.45, 7) is 3.59. The van der Waals surface area contributed by atoms with Gasteiger partial charge in [-0.2, -0.15) is 0 Å². The first kappa shape index (κ1) is 10.8. The highest BCUT2D eigenvalue weighted by Crippen LogP contribution is 2.32. The van der Waals surface area contributed by atoms with Crippen molar-refractivity contribution in [3.63, 3.8) is 0 Å². The van der Waals surface area contributed by atoms with Crippen LogP contribution < -0.4 is 0 Å². The molecule has 1 N–H and O–H groups in total. The van der Waals surface area contributed by atoms with Gasteiger partial charge in [-0.3, -0.25) is 9.59 Å². The molecule has 1 rings (SSSR count). The fraction of sp³-hybridized carbons (Fsp3) is 0.600. The molecule has 14 heavy (non-hydrogen) atoms. The summed E-state index contributed by atoms with van der Waals surface area (Å²) in [4.78, 5) is 23.3. The zero-order valence-corrected chi connectivity index (χ0v) is 8.11. The lowest BCUT2D eigenvalue weighted by molar-refractivity contribution is -0.144. The topological polar surface area (TPSA) is 57.6 Å². The molecule has 1 aliphatic rings. The Labute approximate surface area is 83.2 Å². The molecule has 0 atom stereocenters. The predicted octanol–water partition coefficient (Wildman–Crippen LogP) is 0.886. The van der Waals surface area contributed by atoms with E-state index in [1.54, 1.807) is 6.08 Å². The number of amides is 1. The van der Waals surface area contributed by atoms with Crippen LogP contribution in [0, 0.1) is 5.92 Å². The van der Waals surface area contributed by atoms with Crippen LogP contribution in [0.5, 0.6) is 0 Å². The fourth-order valence-electron chi connectivity index (χ4n) is 1.27. The summed E-state index contributed by atoms with van der Waals surface area (Å²) in [6.07, 6.45) is 4.23. The number of nitrogens with zero attached hydrogens (tertiary/aromatic N) is 1. The average Bonchev–Trinajstić information content (AvgIpc) is 2.86. The van der Waals surface area contributed by atoms with Crippen molar-refractivity contribution in [3.8, 4) is 0 Å². The van der Waals surface area contributed by atoms with Crippen molar-refractivity contribution in [2.24, 2.45) is 5.92 Å². The van der Waals surface area contributed by atoms with E-state index in [9.17, 15) is 9.59 Å². The maximum Gasteiger partial charge on any atom is 0.323 e. The molecule has 0 radical (unpaired) electrons. The minimum absolute atomic E-state index is 0.0743. The van der Waals surface area contributed by atoms with Crippen LogP contribution in [0.25, 0.3) is 0 Å². The van der Waals surface area contributed by atoms with Gasteiger partial charge in [-0.25, -0.2) is 0 Å². The highest BCUT2D eigenvalue weighted by molar-refractivity contribution is 5.81. The fourth-order valence-corrected chi connectivity index (χ4v) is 1.27. The Kier molecular flexibility index (Phi) is 3.68. The van der Waals surface area contributed by atoms with Crippen LogP contribution in [0.3, 0.4) is 0 Å². The van der Waals surface area contributed by atoms with Crippen molar-refractivity contribution in [1.82, 2.24) is 4.90 Å². The van der Waals surface area contributed by atoms with Crippen molar-refractivity contribution in [2.45, 2.75) is 19.3 Å². The largest absolute Gasteiger partial charge is 0.480 e.